The van der Waals surface area contributed by atoms with Crippen LogP contribution in [0.25, 0.3) is 21.9 Å². The summed E-state index contributed by atoms with van der Waals surface area (Å²) in [7, 11) is 1.77. The number of aromatic nitrogens is 3. The summed E-state index contributed by atoms with van der Waals surface area (Å²) in [4.78, 5) is 0. The zero-order valence-corrected chi connectivity index (χ0v) is 14.1. The standard InChI is InChI=1S/C15H15Cl2N3O4/c1-19-14-7(4-18-19)6-2-8(16)9(17)3-10(6)20(14)15-13(23)12(22)11(5-21)24-15/h2-4,11-13,15,21-23H,5H2,1H3/t11-,12?,13?,15-/m1/s1. The van der Waals surface area contributed by atoms with Crippen molar-refractivity contribution in [2.45, 2.75) is 24.5 Å². The molecule has 3 heterocycles. The Bertz CT molecular complexity index is 938. The molecule has 4 atom stereocenters. The number of aryl methyl sites for hydroxylation is 1. The van der Waals surface area contributed by atoms with Crippen molar-refractivity contribution >= 4 is 45.1 Å². The summed E-state index contributed by atoms with van der Waals surface area (Å²) < 4.78 is 9.06. The van der Waals surface area contributed by atoms with Crippen molar-refractivity contribution < 1.29 is 20.1 Å². The van der Waals surface area contributed by atoms with Gasteiger partial charge < -0.3 is 20.1 Å². The Balaban J connectivity index is 2.02. The van der Waals surface area contributed by atoms with Crippen molar-refractivity contribution in [2.75, 3.05) is 6.61 Å². The molecule has 3 aromatic rings. The van der Waals surface area contributed by atoms with E-state index in [-0.39, 0.29) is 0 Å². The Labute approximate surface area is 146 Å². The monoisotopic (exact) mass is 371 g/mol. The number of halogens is 2. The highest BCUT2D eigenvalue weighted by molar-refractivity contribution is 6.43. The van der Waals surface area contributed by atoms with Crippen LogP contribution in [-0.2, 0) is 11.8 Å². The van der Waals surface area contributed by atoms with Gasteiger partial charge in [-0.05, 0) is 12.1 Å². The van der Waals surface area contributed by atoms with Gasteiger partial charge >= 0.3 is 0 Å². The summed E-state index contributed by atoms with van der Waals surface area (Å²) in [6.45, 7) is -0.394. The van der Waals surface area contributed by atoms with E-state index in [2.05, 4.69) is 5.10 Å². The van der Waals surface area contributed by atoms with Crippen LogP contribution in [0.5, 0.6) is 0 Å². The molecule has 7 nitrogen and oxygen atoms in total. The third kappa shape index (κ3) is 2.10. The van der Waals surface area contributed by atoms with Crippen molar-refractivity contribution in [2.24, 2.45) is 7.05 Å². The Morgan fingerprint density at radius 2 is 1.88 bits per heavy atom. The average molecular weight is 372 g/mol. The predicted octanol–water partition coefficient (Wildman–Crippen LogP) is 1.45. The first kappa shape index (κ1) is 16.1. The van der Waals surface area contributed by atoms with Crippen LogP contribution in [-0.4, -0.2) is 54.6 Å². The molecule has 9 heteroatoms. The fraction of sp³-hybridized carbons (Fsp3) is 0.400. The minimum atomic E-state index is -1.20. The Hall–Kier alpha value is -1.35. The molecule has 2 aromatic heterocycles. The third-order valence-corrected chi connectivity index (χ3v) is 5.22. The lowest BCUT2D eigenvalue weighted by molar-refractivity contribution is -0.0491. The highest BCUT2D eigenvalue weighted by Gasteiger charge is 2.44. The third-order valence-electron chi connectivity index (χ3n) is 4.50. The van der Waals surface area contributed by atoms with Gasteiger partial charge in [0.05, 0.1) is 28.4 Å². The first-order valence-corrected chi connectivity index (χ1v) is 8.12. The molecule has 1 aliphatic heterocycles. The van der Waals surface area contributed by atoms with Crippen LogP contribution in [0.2, 0.25) is 10.0 Å². The van der Waals surface area contributed by atoms with Crippen LogP contribution in [0.3, 0.4) is 0 Å². The topological polar surface area (TPSA) is 92.7 Å². The van der Waals surface area contributed by atoms with Crippen LogP contribution in [0.1, 0.15) is 6.23 Å². The number of aliphatic hydroxyl groups is 3. The average Bonchev–Trinajstić information content (AvgIpc) is 3.16. The van der Waals surface area contributed by atoms with Gasteiger partial charge in [0.2, 0.25) is 0 Å². The number of hydrogen-bond donors (Lipinski definition) is 3. The maximum absolute atomic E-state index is 10.4. The maximum atomic E-state index is 10.4. The SMILES string of the molecule is Cn1ncc2c3cc(Cl)c(Cl)cc3n([C@@H]3O[C@H](CO)C(O)C3O)c21. The molecule has 4 rings (SSSR count). The summed E-state index contributed by atoms with van der Waals surface area (Å²) >= 11 is 12.3. The fourth-order valence-corrected chi connectivity index (χ4v) is 3.64. The molecule has 1 aliphatic rings. The van der Waals surface area contributed by atoms with Crippen molar-refractivity contribution in [3.63, 3.8) is 0 Å². The minimum Gasteiger partial charge on any atom is -0.394 e. The van der Waals surface area contributed by atoms with Crippen LogP contribution < -0.4 is 0 Å². The molecule has 128 valence electrons. The second kappa shape index (κ2) is 5.59. The zero-order chi connectivity index (χ0) is 17.2. The van der Waals surface area contributed by atoms with Gasteiger partial charge in [0.25, 0.3) is 0 Å². The van der Waals surface area contributed by atoms with Gasteiger partial charge in [0, 0.05) is 17.8 Å². The van der Waals surface area contributed by atoms with E-state index in [1.165, 1.54) is 0 Å². The highest BCUT2D eigenvalue weighted by atomic mass is 35.5. The lowest BCUT2D eigenvalue weighted by Gasteiger charge is -2.19. The normalized spacial score (nSPS) is 27.6. The molecule has 2 unspecified atom stereocenters. The summed E-state index contributed by atoms with van der Waals surface area (Å²) in [5, 5.41) is 36.5. The largest absolute Gasteiger partial charge is 0.394 e. The van der Waals surface area contributed by atoms with Crippen molar-refractivity contribution in [3.8, 4) is 0 Å². The second-order valence-electron chi connectivity index (χ2n) is 5.89. The fourth-order valence-electron chi connectivity index (χ4n) is 3.32. The molecular weight excluding hydrogens is 357 g/mol. The van der Waals surface area contributed by atoms with E-state index in [1.807, 2.05) is 0 Å². The quantitative estimate of drug-likeness (QED) is 0.633. The molecule has 0 saturated carbocycles. The summed E-state index contributed by atoms with van der Waals surface area (Å²) in [6.07, 6.45) is -2.45. The van der Waals surface area contributed by atoms with Crippen LogP contribution in [0.15, 0.2) is 18.3 Å². The Morgan fingerprint density at radius 1 is 1.17 bits per heavy atom. The number of rotatable bonds is 2. The summed E-state index contributed by atoms with van der Waals surface area (Å²) in [6, 6.07) is 3.43. The molecule has 1 fully saturated rings. The number of fused-ring (bicyclic) bond motifs is 3. The number of benzene rings is 1. The van der Waals surface area contributed by atoms with E-state index in [4.69, 9.17) is 27.9 Å². The van der Waals surface area contributed by atoms with E-state index < -0.39 is 31.1 Å². The van der Waals surface area contributed by atoms with Gasteiger partial charge in [0.15, 0.2) is 6.23 Å². The molecule has 0 amide bonds. The van der Waals surface area contributed by atoms with Crippen LogP contribution in [0, 0.1) is 0 Å². The molecule has 0 aliphatic carbocycles. The van der Waals surface area contributed by atoms with Crippen molar-refractivity contribution in [1.29, 1.82) is 0 Å². The molecule has 0 radical (unpaired) electrons. The Morgan fingerprint density at radius 3 is 2.54 bits per heavy atom. The summed E-state index contributed by atoms with van der Waals surface area (Å²) in [5.74, 6) is 0. The lowest BCUT2D eigenvalue weighted by Crippen LogP contribution is -2.33. The van der Waals surface area contributed by atoms with Crippen LogP contribution in [0.4, 0.5) is 0 Å². The first-order chi connectivity index (χ1) is 11.4. The molecular formula is C15H15Cl2N3O4. The van der Waals surface area contributed by atoms with E-state index in [9.17, 15) is 15.3 Å². The maximum Gasteiger partial charge on any atom is 0.165 e. The number of nitrogens with zero attached hydrogens (tertiary/aromatic N) is 3. The number of ether oxygens (including phenoxy) is 1. The highest BCUT2D eigenvalue weighted by Crippen LogP contribution is 2.40. The van der Waals surface area contributed by atoms with E-state index >= 15 is 0 Å². The van der Waals surface area contributed by atoms with Crippen LogP contribution >= 0.6 is 23.2 Å². The molecule has 24 heavy (non-hydrogen) atoms. The Kier molecular flexibility index (Phi) is 3.76. The molecule has 3 N–H and O–H groups in total. The van der Waals surface area contributed by atoms with Gasteiger partial charge in [-0.2, -0.15) is 5.10 Å². The molecule has 1 aromatic carbocycles. The molecule has 1 saturated heterocycles. The van der Waals surface area contributed by atoms with Crippen molar-refractivity contribution in [3.05, 3.63) is 28.4 Å². The minimum absolute atomic E-state index is 0.368. The predicted molar refractivity (Wildman–Crippen MR) is 89.2 cm³/mol. The van der Waals surface area contributed by atoms with Gasteiger partial charge in [-0.25, -0.2) is 0 Å². The summed E-state index contributed by atoms with van der Waals surface area (Å²) in [5.41, 5.74) is 1.39. The number of hydrogen-bond acceptors (Lipinski definition) is 5. The van der Waals surface area contributed by atoms with Gasteiger partial charge in [-0.15, -0.1) is 0 Å². The van der Waals surface area contributed by atoms with E-state index in [0.29, 0.717) is 21.2 Å². The molecule has 0 bridgehead atoms. The smallest absolute Gasteiger partial charge is 0.165 e. The molecule has 0 spiro atoms. The number of aliphatic hydroxyl groups excluding tert-OH is 3. The lowest BCUT2D eigenvalue weighted by atomic mass is 10.1. The first-order valence-electron chi connectivity index (χ1n) is 7.37. The van der Waals surface area contributed by atoms with Gasteiger partial charge in [-0.3, -0.25) is 9.25 Å². The van der Waals surface area contributed by atoms with E-state index in [1.54, 1.807) is 34.6 Å². The zero-order valence-electron chi connectivity index (χ0n) is 12.6. The van der Waals surface area contributed by atoms with E-state index in [0.717, 1.165) is 10.8 Å². The second-order valence-corrected chi connectivity index (χ2v) is 6.70. The van der Waals surface area contributed by atoms with Gasteiger partial charge in [0.1, 0.15) is 24.0 Å². The van der Waals surface area contributed by atoms with Crippen molar-refractivity contribution in [1.82, 2.24) is 14.3 Å². The van der Waals surface area contributed by atoms with Gasteiger partial charge in [-0.1, -0.05) is 23.2 Å².